The Hall–Kier alpha value is -1.26. The second-order valence-corrected chi connectivity index (χ2v) is 5.53. The number of amides is 1. The molecule has 0 radical (unpaired) electrons. The van der Waals surface area contributed by atoms with E-state index < -0.39 is 0 Å². The molecule has 0 aromatic heterocycles. The number of halogens is 1. The topological polar surface area (TPSA) is 41.6 Å². The molecule has 1 fully saturated rings. The monoisotopic (exact) mass is 280 g/mol. The fourth-order valence-electron chi connectivity index (χ4n) is 2.69. The van der Waals surface area contributed by atoms with Gasteiger partial charge in [0.15, 0.2) is 0 Å². The summed E-state index contributed by atoms with van der Waals surface area (Å²) in [6.45, 7) is 3.02. The fraction of sp³-hybridized carbons (Fsp3) is 0.500. The zero-order valence-corrected chi connectivity index (χ0v) is 11.4. The van der Waals surface area contributed by atoms with Crippen LogP contribution in [0.5, 0.6) is 5.75 Å². The van der Waals surface area contributed by atoms with Gasteiger partial charge in [-0.05, 0) is 44.1 Å². The van der Waals surface area contributed by atoms with Gasteiger partial charge in [0.05, 0.1) is 12.6 Å². The van der Waals surface area contributed by atoms with Crippen LogP contribution in [0.1, 0.15) is 24.4 Å². The second-order valence-electron chi connectivity index (χ2n) is 5.10. The molecule has 5 heteroatoms. The number of hydrogen-bond donors (Lipinski definition) is 1. The highest BCUT2D eigenvalue weighted by atomic mass is 35.5. The maximum absolute atomic E-state index is 12.0. The molecular formula is C14H17ClN2O2. The van der Waals surface area contributed by atoms with Crippen LogP contribution >= 0.6 is 11.6 Å². The lowest BCUT2D eigenvalue weighted by atomic mass is 10.1. The molecule has 4 nitrogen and oxygen atoms in total. The minimum absolute atomic E-state index is 0.0586. The van der Waals surface area contributed by atoms with Gasteiger partial charge in [0, 0.05) is 10.6 Å². The van der Waals surface area contributed by atoms with Crippen LogP contribution in [-0.2, 0) is 4.79 Å². The van der Waals surface area contributed by atoms with Crippen molar-refractivity contribution in [2.75, 3.05) is 26.2 Å². The van der Waals surface area contributed by atoms with Crippen LogP contribution in [0.4, 0.5) is 0 Å². The summed E-state index contributed by atoms with van der Waals surface area (Å²) < 4.78 is 5.55. The summed E-state index contributed by atoms with van der Waals surface area (Å²) in [5, 5.41) is 3.69. The quantitative estimate of drug-likeness (QED) is 0.921. The van der Waals surface area contributed by atoms with Gasteiger partial charge in [-0.25, -0.2) is 0 Å². The Morgan fingerprint density at radius 3 is 3.00 bits per heavy atom. The number of ether oxygens (including phenoxy) is 1. The first-order valence-corrected chi connectivity index (χ1v) is 7.04. The first kappa shape index (κ1) is 12.8. The molecule has 2 heterocycles. The van der Waals surface area contributed by atoms with Gasteiger partial charge in [-0.15, -0.1) is 0 Å². The molecule has 0 saturated carbocycles. The summed E-state index contributed by atoms with van der Waals surface area (Å²) >= 11 is 5.99. The number of nitrogens with zero attached hydrogens (tertiary/aromatic N) is 1. The predicted molar refractivity (Wildman–Crippen MR) is 73.5 cm³/mol. The zero-order valence-electron chi connectivity index (χ0n) is 10.7. The molecule has 1 aromatic rings. The van der Waals surface area contributed by atoms with E-state index in [1.807, 2.05) is 12.1 Å². The Kier molecular flexibility index (Phi) is 3.62. The summed E-state index contributed by atoms with van der Waals surface area (Å²) in [6, 6.07) is 5.44. The third-order valence-electron chi connectivity index (χ3n) is 3.65. The third kappa shape index (κ3) is 2.85. The average molecular weight is 281 g/mol. The van der Waals surface area contributed by atoms with Crippen molar-refractivity contribution in [1.29, 1.82) is 0 Å². The molecule has 2 aliphatic heterocycles. The van der Waals surface area contributed by atoms with E-state index >= 15 is 0 Å². The fourth-order valence-corrected chi connectivity index (χ4v) is 2.87. The molecule has 0 aliphatic carbocycles. The van der Waals surface area contributed by atoms with E-state index in [0.717, 1.165) is 24.4 Å². The number of fused-ring (bicyclic) bond motifs is 1. The summed E-state index contributed by atoms with van der Waals surface area (Å²) in [4.78, 5) is 14.2. The summed E-state index contributed by atoms with van der Waals surface area (Å²) in [5.41, 5.74) is 0.974. The number of carbonyl (C=O) groups is 1. The minimum Gasteiger partial charge on any atom is -0.491 e. The lowest BCUT2D eigenvalue weighted by Gasteiger charge is -2.17. The molecule has 2 aliphatic rings. The van der Waals surface area contributed by atoms with E-state index in [4.69, 9.17) is 16.3 Å². The molecule has 0 spiro atoms. The summed E-state index contributed by atoms with van der Waals surface area (Å²) in [6.07, 6.45) is 2.39. The van der Waals surface area contributed by atoms with Crippen molar-refractivity contribution in [3.8, 4) is 5.75 Å². The number of benzene rings is 1. The largest absolute Gasteiger partial charge is 0.491 e. The van der Waals surface area contributed by atoms with Crippen LogP contribution in [0.2, 0.25) is 5.02 Å². The van der Waals surface area contributed by atoms with Crippen LogP contribution in [0.15, 0.2) is 18.2 Å². The molecule has 1 saturated heterocycles. The van der Waals surface area contributed by atoms with Crippen molar-refractivity contribution in [2.24, 2.45) is 0 Å². The maximum Gasteiger partial charge on any atom is 0.234 e. The smallest absolute Gasteiger partial charge is 0.234 e. The van der Waals surface area contributed by atoms with Gasteiger partial charge in [0.25, 0.3) is 0 Å². The molecule has 102 valence electrons. The number of hydrogen-bond acceptors (Lipinski definition) is 3. The van der Waals surface area contributed by atoms with Crippen LogP contribution in [0.25, 0.3) is 0 Å². The van der Waals surface area contributed by atoms with E-state index in [-0.39, 0.29) is 11.9 Å². The molecule has 1 aromatic carbocycles. The van der Waals surface area contributed by atoms with Gasteiger partial charge in [0.2, 0.25) is 5.91 Å². The van der Waals surface area contributed by atoms with Gasteiger partial charge in [0.1, 0.15) is 12.4 Å². The van der Waals surface area contributed by atoms with Crippen molar-refractivity contribution in [3.05, 3.63) is 28.8 Å². The standard InChI is InChI=1S/C14H17ClN2O2/c15-10-3-4-13-11(7-10)12(9-19-13)16-14(18)8-17-5-1-2-6-17/h3-4,7,12H,1-2,5-6,8-9H2,(H,16,18)/t12-/m0/s1. The summed E-state index contributed by atoms with van der Waals surface area (Å²) in [5.74, 6) is 0.874. The van der Waals surface area contributed by atoms with Crippen molar-refractivity contribution in [1.82, 2.24) is 10.2 Å². The first-order valence-electron chi connectivity index (χ1n) is 6.66. The van der Waals surface area contributed by atoms with Gasteiger partial charge in [-0.2, -0.15) is 0 Å². The molecule has 0 unspecified atom stereocenters. The van der Waals surface area contributed by atoms with Crippen LogP contribution in [0.3, 0.4) is 0 Å². The lowest BCUT2D eigenvalue weighted by molar-refractivity contribution is -0.122. The molecule has 1 atom stereocenters. The van der Waals surface area contributed by atoms with Crippen LogP contribution < -0.4 is 10.1 Å². The Morgan fingerprint density at radius 1 is 1.42 bits per heavy atom. The Morgan fingerprint density at radius 2 is 2.21 bits per heavy atom. The van der Waals surface area contributed by atoms with E-state index in [9.17, 15) is 4.79 Å². The van der Waals surface area contributed by atoms with E-state index in [1.54, 1.807) is 6.07 Å². The number of likely N-dealkylation sites (tertiary alicyclic amines) is 1. The molecular weight excluding hydrogens is 264 g/mol. The van der Waals surface area contributed by atoms with E-state index in [2.05, 4.69) is 10.2 Å². The SMILES string of the molecule is O=C(CN1CCCC1)N[C@H]1COc2ccc(Cl)cc21. The molecule has 1 amide bonds. The van der Waals surface area contributed by atoms with Crippen LogP contribution in [-0.4, -0.2) is 37.0 Å². The van der Waals surface area contributed by atoms with Crippen molar-refractivity contribution in [2.45, 2.75) is 18.9 Å². The Balaban J connectivity index is 1.62. The maximum atomic E-state index is 12.0. The van der Waals surface area contributed by atoms with Crippen LogP contribution in [0, 0.1) is 0 Å². The minimum atomic E-state index is -0.0798. The molecule has 1 N–H and O–H groups in total. The van der Waals surface area contributed by atoms with Gasteiger partial charge < -0.3 is 10.1 Å². The van der Waals surface area contributed by atoms with Gasteiger partial charge >= 0.3 is 0 Å². The highest BCUT2D eigenvalue weighted by Crippen LogP contribution is 2.34. The molecule has 3 rings (SSSR count). The average Bonchev–Trinajstić information content (AvgIpc) is 3.00. The highest BCUT2D eigenvalue weighted by molar-refractivity contribution is 6.30. The first-order chi connectivity index (χ1) is 9.22. The predicted octanol–water partition coefficient (Wildman–Crippen LogP) is 1.99. The van der Waals surface area contributed by atoms with E-state index in [0.29, 0.717) is 18.2 Å². The number of carbonyl (C=O) groups excluding carboxylic acids is 1. The Labute approximate surface area is 117 Å². The van der Waals surface area contributed by atoms with E-state index in [1.165, 1.54) is 12.8 Å². The van der Waals surface area contributed by atoms with Crippen molar-refractivity contribution in [3.63, 3.8) is 0 Å². The lowest BCUT2D eigenvalue weighted by Crippen LogP contribution is -2.38. The number of rotatable bonds is 3. The van der Waals surface area contributed by atoms with Crippen molar-refractivity contribution >= 4 is 17.5 Å². The Bertz CT molecular complexity index is 486. The zero-order chi connectivity index (χ0) is 13.2. The molecule has 19 heavy (non-hydrogen) atoms. The van der Waals surface area contributed by atoms with Crippen molar-refractivity contribution < 1.29 is 9.53 Å². The summed E-state index contributed by atoms with van der Waals surface area (Å²) in [7, 11) is 0. The van der Waals surface area contributed by atoms with Gasteiger partial charge in [-0.3, -0.25) is 9.69 Å². The highest BCUT2D eigenvalue weighted by Gasteiger charge is 2.26. The number of nitrogens with one attached hydrogen (secondary N) is 1. The third-order valence-corrected chi connectivity index (χ3v) is 3.89. The second kappa shape index (κ2) is 5.39. The molecule has 0 bridgehead atoms. The normalized spacial score (nSPS) is 22.1. The van der Waals surface area contributed by atoms with Gasteiger partial charge in [-0.1, -0.05) is 11.6 Å².